The van der Waals surface area contributed by atoms with Gasteiger partial charge < -0.3 is 20.3 Å². The molecule has 1 atom stereocenters. The average molecular weight is 346 g/mol. The highest BCUT2D eigenvalue weighted by Crippen LogP contribution is 2.24. The molecule has 1 fully saturated rings. The summed E-state index contributed by atoms with van der Waals surface area (Å²) >= 11 is 0. The van der Waals surface area contributed by atoms with Gasteiger partial charge in [0.25, 0.3) is 0 Å². The normalized spacial score (nSPS) is 18.4. The molecule has 1 aromatic rings. The van der Waals surface area contributed by atoms with Crippen molar-refractivity contribution in [3.63, 3.8) is 0 Å². The van der Waals surface area contributed by atoms with Gasteiger partial charge in [-0.25, -0.2) is 0 Å². The van der Waals surface area contributed by atoms with Crippen LogP contribution in [0.25, 0.3) is 0 Å². The standard InChI is InChI=1S/C19H30N4O2/c1-14(2)22-18(24)9-10-21-19(20-4)23-11-12-25-17(13-23)16-8-6-5-7-15(16)3/h5-8,14,17H,9-13H2,1-4H3,(H,20,21)(H,22,24). The monoisotopic (exact) mass is 346 g/mol. The number of hydrogen-bond donors (Lipinski definition) is 2. The first-order valence-corrected chi connectivity index (χ1v) is 8.93. The molecule has 1 amide bonds. The number of nitrogens with zero attached hydrogens (tertiary/aromatic N) is 2. The number of guanidine groups is 1. The Labute approximate surface area is 150 Å². The van der Waals surface area contributed by atoms with Crippen LogP contribution in [-0.4, -0.2) is 56.1 Å². The lowest BCUT2D eigenvalue weighted by Crippen LogP contribution is -2.48. The van der Waals surface area contributed by atoms with E-state index in [0.717, 1.165) is 19.0 Å². The van der Waals surface area contributed by atoms with Crippen molar-refractivity contribution >= 4 is 11.9 Å². The second kappa shape index (κ2) is 9.42. The number of amides is 1. The van der Waals surface area contributed by atoms with Crippen molar-refractivity contribution in [2.24, 2.45) is 4.99 Å². The lowest BCUT2D eigenvalue weighted by molar-refractivity contribution is -0.121. The van der Waals surface area contributed by atoms with Crippen molar-refractivity contribution in [1.29, 1.82) is 0 Å². The van der Waals surface area contributed by atoms with Crippen LogP contribution in [0.4, 0.5) is 0 Å². The molecule has 2 rings (SSSR count). The van der Waals surface area contributed by atoms with Crippen LogP contribution in [0.2, 0.25) is 0 Å². The Hall–Kier alpha value is -2.08. The third-order valence-electron chi connectivity index (χ3n) is 4.20. The fourth-order valence-corrected chi connectivity index (χ4v) is 2.99. The number of carbonyl (C=O) groups excluding carboxylic acids is 1. The van der Waals surface area contributed by atoms with Crippen molar-refractivity contribution < 1.29 is 9.53 Å². The third kappa shape index (κ3) is 5.74. The highest BCUT2D eigenvalue weighted by molar-refractivity contribution is 5.81. The lowest BCUT2D eigenvalue weighted by Gasteiger charge is -2.35. The largest absolute Gasteiger partial charge is 0.370 e. The number of nitrogens with one attached hydrogen (secondary N) is 2. The molecule has 2 N–H and O–H groups in total. The number of aliphatic imine (C=N–C) groups is 1. The van der Waals surface area contributed by atoms with E-state index in [1.807, 2.05) is 26.0 Å². The smallest absolute Gasteiger partial charge is 0.221 e. The van der Waals surface area contributed by atoms with Crippen molar-refractivity contribution in [3.05, 3.63) is 35.4 Å². The van der Waals surface area contributed by atoms with Crippen LogP contribution >= 0.6 is 0 Å². The van der Waals surface area contributed by atoms with Gasteiger partial charge in [-0.1, -0.05) is 24.3 Å². The zero-order valence-corrected chi connectivity index (χ0v) is 15.7. The molecule has 1 heterocycles. The van der Waals surface area contributed by atoms with E-state index in [4.69, 9.17) is 4.74 Å². The summed E-state index contributed by atoms with van der Waals surface area (Å²) in [5.41, 5.74) is 2.46. The maximum Gasteiger partial charge on any atom is 0.221 e. The minimum atomic E-state index is 0.0396. The number of hydrogen-bond acceptors (Lipinski definition) is 3. The van der Waals surface area contributed by atoms with E-state index in [1.165, 1.54) is 11.1 Å². The molecule has 1 aromatic carbocycles. The van der Waals surface area contributed by atoms with Crippen LogP contribution in [0, 0.1) is 6.92 Å². The Bertz CT molecular complexity index is 601. The predicted molar refractivity (Wildman–Crippen MR) is 101 cm³/mol. The van der Waals surface area contributed by atoms with E-state index in [0.29, 0.717) is 19.6 Å². The molecule has 25 heavy (non-hydrogen) atoms. The Morgan fingerprint density at radius 1 is 1.40 bits per heavy atom. The summed E-state index contributed by atoms with van der Waals surface area (Å²) in [6.45, 7) is 8.81. The third-order valence-corrected chi connectivity index (χ3v) is 4.20. The van der Waals surface area contributed by atoms with Crippen LogP contribution in [0.5, 0.6) is 0 Å². The summed E-state index contributed by atoms with van der Waals surface area (Å²) in [5, 5.41) is 6.19. The van der Waals surface area contributed by atoms with Crippen LogP contribution in [-0.2, 0) is 9.53 Å². The Kier molecular flexibility index (Phi) is 7.25. The van der Waals surface area contributed by atoms with E-state index in [9.17, 15) is 4.79 Å². The van der Waals surface area contributed by atoms with Gasteiger partial charge in [0.2, 0.25) is 5.91 Å². The van der Waals surface area contributed by atoms with Gasteiger partial charge in [-0.3, -0.25) is 9.79 Å². The molecule has 0 spiro atoms. The molecule has 1 aliphatic rings. The second-order valence-corrected chi connectivity index (χ2v) is 6.61. The van der Waals surface area contributed by atoms with Gasteiger partial charge in [0.05, 0.1) is 13.2 Å². The quantitative estimate of drug-likeness (QED) is 0.631. The zero-order chi connectivity index (χ0) is 18.2. The molecule has 1 saturated heterocycles. The first kappa shape index (κ1) is 19.2. The molecular weight excluding hydrogens is 316 g/mol. The predicted octanol–water partition coefficient (Wildman–Crippen LogP) is 1.86. The highest BCUT2D eigenvalue weighted by atomic mass is 16.5. The van der Waals surface area contributed by atoms with E-state index in [1.54, 1.807) is 7.05 Å². The van der Waals surface area contributed by atoms with Crippen molar-refractivity contribution in [2.75, 3.05) is 33.3 Å². The van der Waals surface area contributed by atoms with Gasteiger partial charge in [-0.05, 0) is 31.9 Å². The van der Waals surface area contributed by atoms with Gasteiger partial charge in [0.15, 0.2) is 5.96 Å². The van der Waals surface area contributed by atoms with E-state index >= 15 is 0 Å². The summed E-state index contributed by atoms with van der Waals surface area (Å²) in [6.07, 6.45) is 0.473. The Morgan fingerprint density at radius 2 is 2.16 bits per heavy atom. The number of rotatable bonds is 5. The Balaban J connectivity index is 1.90. The van der Waals surface area contributed by atoms with E-state index in [-0.39, 0.29) is 18.1 Å². The summed E-state index contributed by atoms with van der Waals surface area (Å²) in [5.74, 6) is 0.872. The SMILES string of the molecule is CN=C(NCCC(=O)NC(C)C)N1CCOC(c2ccccc2C)C1. The van der Waals surface area contributed by atoms with Gasteiger partial charge in [-0.2, -0.15) is 0 Å². The minimum Gasteiger partial charge on any atom is -0.370 e. The van der Waals surface area contributed by atoms with Gasteiger partial charge in [0.1, 0.15) is 6.10 Å². The maximum absolute atomic E-state index is 11.7. The molecule has 0 radical (unpaired) electrons. The lowest BCUT2D eigenvalue weighted by atomic mass is 10.0. The Morgan fingerprint density at radius 3 is 2.84 bits per heavy atom. The minimum absolute atomic E-state index is 0.0396. The molecule has 6 heteroatoms. The van der Waals surface area contributed by atoms with Crippen molar-refractivity contribution in [2.45, 2.75) is 39.3 Å². The topological polar surface area (TPSA) is 66.0 Å². The van der Waals surface area contributed by atoms with Crippen LogP contribution < -0.4 is 10.6 Å². The second-order valence-electron chi connectivity index (χ2n) is 6.61. The molecule has 0 aliphatic carbocycles. The number of benzene rings is 1. The van der Waals surface area contributed by atoms with Gasteiger partial charge >= 0.3 is 0 Å². The maximum atomic E-state index is 11.7. The first-order valence-electron chi connectivity index (χ1n) is 8.93. The van der Waals surface area contributed by atoms with E-state index < -0.39 is 0 Å². The average Bonchev–Trinajstić information content (AvgIpc) is 2.58. The van der Waals surface area contributed by atoms with Crippen molar-refractivity contribution in [1.82, 2.24) is 15.5 Å². The molecule has 6 nitrogen and oxygen atoms in total. The molecule has 0 bridgehead atoms. The van der Waals surface area contributed by atoms with Crippen LogP contribution in [0.15, 0.2) is 29.3 Å². The number of aryl methyl sites for hydroxylation is 1. The number of carbonyl (C=O) groups is 1. The summed E-state index contributed by atoms with van der Waals surface area (Å²) in [7, 11) is 1.77. The molecule has 0 aromatic heterocycles. The van der Waals surface area contributed by atoms with E-state index in [2.05, 4.69) is 39.6 Å². The summed E-state index contributed by atoms with van der Waals surface area (Å²) in [6, 6.07) is 8.49. The molecule has 0 saturated carbocycles. The van der Waals surface area contributed by atoms with Gasteiger partial charge in [0, 0.05) is 32.6 Å². The fourth-order valence-electron chi connectivity index (χ4n) is 2.99. The first-order chi connectivity index (χ1) is 12.0. The molecular formula is C19H30N4O2. The summed E-state index contributed by atoms with van der Waals surface area (Å²) in [4.78, 5) is 18.3. The van der Waals surface area contributed by atoms with Gasteiger partial charge in [-0.15, -0.1) is 0 Å². The molecule has 138 valence electrons. The number of morpholine rings is 1. The number of ether oxygens (including phenoxy) is 1. The van der Waals surface area contributed by atoms with Crippen LogP contribution in [0.1, 0.15) is 37.5 Å². The highest BCUT2D eigenvalue weighted by Gasteiger charge is 2.25. The molecule has 1 unspecified atom stereocenters. The summed E-state index contributed by atoms with van der Waals surface area (Å²) < 4.78 is 5.97. The van der Waals surface area contributed by atoms with Crippen molar-refractivity contribution in [3.8, 4) is 0 Å². The fraction of sp³-hybridized carbons (Fsp3) is 0.579. The zero-order valence-electron chi connectivity index (χ0n) is 15.7. The van der Waals surface area contributed by atoms with Crippen LogP contribution in [0.3, 0.4) is 0 Å². The molecule has 1 aliphatic heterocycles.